The number of rotatable bonds is 3. The highest BCUT2D eigenvalue weighted by Gasteiger charge is 2.08. The van der Waals surface area contributed by atoms with Crippen LogP contribution in [0.5, 0.6) is 0 Å². The van der Waals surface area contributed by atoms with Crippen molar-refractivity contribution in [3.63, 3.8) is 0 Å². The SMILES string of the molecule is O=C(Cc1ccc(F)c(Br)c1)c1cccnc1. The van der Waals surface area contributed by atoms with Gasteiger partial charge in [0.25, 0.3) is 0 Å². The summed E-state index contributed by atoms with van der Waals surface area (Å²) in [5.41, 5.74) is 1.33. The Kier molecular flexibility index (Phi) is 3.64. The van der Waals surface area contributed by atoms with Crippen LogP contribution in [0, 0.1) is 5.82 Å². The molecule has 17 heavy (non-hydrogen) atoms. The Morgan fingerprint density at radius 3 is 2.82 bits per heavy atom. The minimum absolute atomic E-state index is 0.0309. The first-order chi connectivity index (χ1) is 8.16. The van der Waals surface area contributed by atoms with Crippen LogP contribution < -0.4 is 0 Å². The number of hydrogen-bond donors (Lipinski definition) is 0. The van der Waals surface area contributed by atoms with Gasteiger partial charge in [-0.3, -0.25) is 9.78 Å². The van der Waals surface area contributed by atoms with Crippen LogP contribution in [-0.2, 0) is 6.42 Å². The van der Waals surface area contributed by atoms with Gasteiger partial charge in [0, 0.05) is 24.4 Å². The highest BCUT2D eigenvalue weighted by molar-refractivity contribution is 9.10. The Morgan fingerprint density at radius 1 is 1.35 bits per heavy atom. The number of carbonyl (C=O) groups excluding carboxylic acids is 1. The first-order valence-corrected chi connectivity index (χ1v) is 5.83. The van der Waals surface area contributed by atoms with E-state index in [2.05, 4.69) is 20.9 Å². The molecule has 0 aliphatic carbocycles. The molecule has 0 fully saturated rings. The van der Waals surface area contributed by atoms with Gasteiger partial charge in [-0.15, -0.1) is 0 Å². The van der Waals surface area contributed by atoms with Crippen molar-refractivity contribution in [3.05, 3.63) is 64.1 Å². The van der Waals surface area contributed by atoms with Gasteiger partial charge in [0.15, 0.2) is 5.78 Å². The largest absolute Gasteiger partial charge is 0.294 e. The van der Waals surface area contributed by atoms with E-state index < -0.39 is 0 Å². The zero-order valence-corrected chi connectivity index (χ0v) is 10.4. The van der Waals surface area contributed by atoms with Crippen molar-refractivity contribution in [1.82, 2.24) is 4.98 Å². The van der Waals surface area contributed by atoms with Crippen molar-refractivity contribution >= 4 is 21.7 Å². The van der Waals surface area contributed by atoms with E-state index in [-0.39, 0.29) is 18.0 Å². The average molecular weight is 294 g/mol. The molecule has 0 unspecified atom stereocenters. The van der Waals surface area contributed by atoms with Crippen molar-refractivity contribution in [2.75, 3.05) is 0 Å². The molecule has 86 valence electrons. The molecule has 4 heteroatoms. The molecule has 1 aromatic heterocycles. The number of nitrogens with zero attached hydrogens (tertiary/aromatic N) is 1. The second kappa shape index (κ2) is 5.19. The number of carbonyl (C=O) groups is 1. The van der Waals surface area contributed by atoms with Crippen LogP contribution in [0.4, 0.5) is 4.39 Å². The fourth-order valence-corrected chi connectivity index (χ4v) is 1.89. The molecule has 1 heterocycles. The molecule has 2 aromatic rings. The molecule has 0 aliphatic heterocycles. The van der Waals surface area contributed by atoms with Crippen LogP contribution in [0.15, 0.2) is 47.2 Å². The molecule has 2 nitrogen and oxygen atoms in total. The summed E-state index contributed by atoms with van der Waals surface area (Å²) in [4.78, 5) is 15.8. The first kappa shape index (κ1) is 11.9. The molecule has 0 radical (unpaired) electrons. The lowest BCUT2D eigenvalue weighted by Gasteiger charge is -2.02. The van der Waals surface area contributed by atoms with Gasteiger partial charge in [0.05, 0.1) is 4.47 Å². The second-order valence-electron chi connectivity index (χ2n) is 3.59. The maximum Gasteiger partial charge on any atom is 0.168 e. The summed E-state index contributed by atoms with van der Waals surface area (Å²) >= 11 is 3.09. The maximum atomic E-state index is 13.0. The lowest BCUT2D eigenvalue weighted by Crippen LogP contribution is -2.03. The number of aromatic nitrogens is 1. The van der Waals surface area contributed by atoms with Crippen LogP contribution in [0.3, 0.4) is 0 Å². The quantitative estimate of drug-likeness (QED) is 0.812. The third-order valence-electron chi connectivity index (χ3n) is 2.33. The summed E-state index contributed by atoms with van der Waals surface area (Å²) in [6.07, 6.45) is 3.39. The van der Waals surface area contributed by atoms with Gasteiger partial charge in [-0.1, -0.05) is 6.07 Å². The maximum absolute atomic E-state index is 13.0. The molecular weight excluding hydrogens is 285 g/mol. The number of benzene rings is 1. The highest BCUT2D eigenvalue weighted by atomic mass is 79.9. The lowest BCUT2D eigenvalue weighted by molar-refractivity contribution is 0.0992. The van der Waals surface area contributed by atoms with Crippen LogP contribution in [0.2, 0.25) is 0 Å². The first-order valence-electron chi connectivity index (χ1n) is 5.04. The van der Waals surface area contributed by atoms with E-state index in [1.165, 1.54) is 12.3 Å². The molecule has 0 saturated heterocycles. The van der Waals surface area contributed by atoms with Gasteiger partial charge in [-0.25, -0.2) is 4.39 Å². The van der Waals surface area contributed by atoms with Gasteiger partial charge in [0.1, 0.15) is 5.82 Å². The molecule has 0 spiro atoms. The number of ketones is 1. The van der Waals surface area contributed by atoms with E-state index in [0.29, 0.717) is 10.0 Å². The Labute approximate surface area is 107 Å². The summed E-state index contributed by atoms with van der Waals surface area (Å²) in [5, 5.41) is 0. The zero-order valence-electron chi connectivity index (χ0n) is 8.86. The van der Waals surface area contributed by atoms with Crippen LogP contribution in [0.25, 0.3) is 0 Å². The van der Waals surface area contributed by atoms with Gasteiger partial charge >= 0.3 is 0 Å². The topological polar surface area (TPSA) is 30.0 Å². The predicted molar refractivity (Wildman–Crippen MR) is 66.4 cm³/mol. The third-order valence-corrected chi connectivity index (χ3v) is 2.94. The lowest BCUT2D eigenvalue weighted by atomic mass is 10.0. The van der Waals surface area contributed by atoms with E-state index in [4.69, 9.17) is 0 Å². The average Bonchev–Trinajstić information content (AvgIpc) is 2.35. The van der Waals surface area contributed by atoms with Gasteiger partial charge in [0.2, 0.25) is 0 Å². The summed E-state index contributed by atoms with van der Waals surface area (Å²) in [6.45, 7) is 0. The molecule has 2 rings (SSSR count). The molecule has 0 bridgehead atoms. The van der Waals surface area contributed by atoms with E-state index in [0.717, 1.165) is 5.56 Å². The minimum Gasteiger partial charge on any atom is -0.294 e. The van der Waals surface area contributed by atoms with Crippen LogP contribution in [-0.4, -0.2) is 10.8 Å². The van der Waals surface area contributed by atoms with Gasteiger partial charge in [-0.05, 0) is 45.8 Å². The van der Waals surface area contributed by atoms with E-state index in [1.807, 2.05) is 0 Å². The van der Waals surface area contributed by atoms with Gasteiger partial charge in [-0.2, -0.15) is 0 Å². The van der Waals surface area contributed by atoms with Crippen molar-refractivity contribution in [3.8, 4) is 0 Å². The van der Waals surface area contributed by atoms with E-state index in [1.54, 1.807) is 30.5 Å². The minimum atomic E-state index is -0.331. The van der Waals surface area contributed by atoms with Crippen molar-refractivity contribution < 1.29 is 9.18 Å². The monoisotopic (exact) mass is 293 g/mol. The zero-order chi connectivity index (χ0) is 12.3. The van der Waals surface area contributed by atoms with E-state index >= 15 is 0 Å². The van der Waals surface area contributed by atoms with Crippen molar-refractivity contribution in [2.45, 2.75) is 6.42 Å². The molecule has 0 atom stereocenters. The van der Waals surface area contributed by atoms with Crippen molar-refractivity contribution in [2.24, 2.45) is 0 Å². The fraction of sp³-hybridized carbons (Fsp3) is 0.0769. The van der Waals surface area contributed by atoms with Crippen LogP contribution in [0.1, 0.15) is 15.9 Å². The predicted octanol–water partition coefficient (Wildman–Crippen LogP) is 3.41. The van der Waals surface area contributed by atoms with Crippen molar-refractivity contribution in [1.29, 1.82) is 0 Å². The summed E-state index contributed by atoms with van der Waals surface area (Å²) in [6, 6.07) is 8.00. The van der Waals surface area contributed by atoms with Gasteiger partial charge < -0.3 is 0 Å². The Morgan fingerprint density at radius 2 is 2.18 bits per heavy atom. The fourth-order valence-electron chi connectivity index (χ4n) is 1.46. The smallest absolute Gasteiger partial charge is 0.168 e. The summed E-state index contributed by atoms with van der Waals surface area (Å²) in [5.74, 6) is -0.362. The summed E-state index contributed by atoms with van der Waals surface area (Å²) < 4.78 is 13.4. The Balaban J connectivity index is 2.16. The normalized spacial score (nSPS) is 10.2. The molecule has 1 aromatic carbocycles. The molecule has 0 saturated carbocycles. The second-order valence-corrected chi connectivity index (χ2v) is 4.44. The summed E-state index contributed by atoms with van der Waals surface area (Å²) in [7, 11) is 0. The molecule has 0 amide bonds. The Hall–Kier alpha value is -1.55. The molecule has 0 aliphatic rings. The molecular formula is C13H9BrFNO. The van der Waals surface area contributed by atoms with E-state index in [9.17, 15) is 9.18 Å². The number of pyridine rings is 1. The Bertz CT molecular complexity index is 542. The standard InChI is InChI=1S/C13H9BrFNO/c14-11-6-9(3-4-12(11)15)7-13(17)10-2-1-5-16-8-10/h1-6,8H,7H2. The highest BCUT2D eigenvalue weighted by Crippen LogP contribution is 2.18. The van der Waals surface area contributed by atoms with Crippen LogP contribution >= 0.6 is 15.9 Å². The molecule has 0 N–H and O–H groups in total. The number of hydrogen-bond acceptors (Lipinski definition) is 2. The number of halogens is 2. The number of Topliss-reactive ketones (excluding diaryl/α,β-unsaturated/α-hetero) is 1. The third kappa shape index (κ3) is 2.97.